The van der Waals surface area contributed by atoms with Gasteiger partial charge in [-0.05, 0) is 38.8 Å². The lowest BCUT2D eigenvalue weighted by atomic mass is 9.87. The highest BCUT2D eigenvalue weighted by molar-refractivity contribution is 5.92. The molecule has 0 amide bonds. The van der Waals surface area contributed by atoms with Crippen molar-refractivity contribution in [2.45, 2.75) is 38.9 Å². The maximum absolute atomic E-state index is 13.3. The van der Waals surface area contributed by atoms with E-state index >= 15 is 0 Å². The van der Waals surface area contributed by atoms with E-state index in [-0.39, 0.29) is 6.42 Å². The first-order valence-corrected chi connectivity index (χ1v) is 7.27. The van der Waals surface area contributed by atoms with Gasteiger partial charge in [0.15, 0.2) is 0 Å². The van der Waals surface area contributed by atoms with Crippen LogP contribution in [0.4, 0.5) is 19.0 Å². The molecule has 3 rings (SSSR count). The highest BCUT2D eigenvalue weighted by Gasteiger charge is 2.55. The molecular formula is C16H18F3N3. The number of hydrogen-bond donors (Lipinski definition) is 0. The van der Waals surface area contributed by atoms with E-state index in [1.54, 1.807) is 18.7 Å². The summed E-state index contributed by atoms with van der Waals surface area (Å²) in [5.41, 5.74) is 0.706. The minimum Gasteiger partial charge on any atom is -0.350 e. The Kier molecular flexibility index (Phi) is 3.30. The first kappa shape index (κ1) is 15.1. The van der Waals surface area contributed by atoms with E-state index in [1.165, 1.54) is 6.33 Å². The molecule has 3 nitrogen and oxygen atoms in total. The fourth-order valence-corrected chi connectivity index (χ4v) is 3.50. The second-order valence-corrected chi connectivity index (χ2v) is 6.35. The summed E-state index contributed by atoms with van der Waals surface area (Å²) in [6.45, 7) is 5.56. The summed E-state index contributed by atoms with van der Waals surface area (Å²) in [4.78, 5) is 10.3. The number of hydrogen-bond acceptors (Lipinski definition) is 3. The summed E-state index contributed by atoms with van der Waals surface area (Å²) >= 11 is 0. The van der Waals surface area contributed by atoms with Crippen molar-refractivity contribution in [2.75, 3.05) is 11.4 Å². The second kappa shape index (κ2) is 4.83. The maximum Gasteiger partial charge on any atom is 0.394 e. The Hall–Kier alpha value is -1.85. The molecule has 1 aliphatic rings. The lowest BCUT2D eigenvalue weighted by molar-refractivity contribution is -0.183. The van der Waals surface area contributed by atoms with E-state index in [4.69, 9.17) is 0 Å². The highest BCUT2D eigenvalue weighted by Crippen LogP contribution is 2.47. The average molecular weight is 309 g/mol. The number of halogens is 3. The summed E-state index contributed by atoms with van der Waals surface area (Å²) < 4.78 is 39.8. The summed E-state index contributed by atoms with van der Waals surface area (Å²) in [7, 11) is 0. The van der Waals surface area contributed by atoms with Crippen LogP contribution in [0.5, 0.6) is 0 Å². The van der Waals surface area contributed by atoms with Crippen LogP contribution in [-0.4, -0.2) is 28.2 Å². The first-order valence-electron chi connectivity index (χ1n) is 7.27. The largest absolute Gasteiger partial charge is 0.394 e. The van der Waals surface area contributed by atoms with Crippen molar-refractivity contribution in [2.24, 2.45) is 5.92 Å². The fourth-order valence-electron chi connectivity index (χ4n) is 3.50. The van der Waals surface area contributed by atoms with E-state index in [2.05, 4.69) is 9.97 Å². The molecule has 0 unspecified atom stereocenters. The number of aromatic nitrogens is 2. The van der Waals surface area contributed by atoms with Gasteiger partial charge in [-0.2, -0.15) is 13.2 Å². The number of aryl methyl sites for hydroxylation is 1. The summed E-state index contributed by atoms with van der Waals surface area (Å²) in [5, 5.41) is 0.834. The Labute approximate surface area is 127 Å². The van der Waals surface area contributed by atoms with Crippen molar-refractivity contribution in [1.82, 2.24) is 9.97 Å². The summed E-state index contributed by atoms with van der Waals surface area (Å²) in [5.74, 6) is -0.756. The summed E-state index contributed by atoms with van der Waals surface area (Å²) in [6.07, 6.45) is -2.68. The molecular weight excluding hydrogens is 291 g/mol. The quantitative estimate of drug-likeness (QED) is 0.794. The minimum atomic E-state index is -4.20. The number of fused-ring (bicyclic) bond motifs is 1. The topological polar surface area (TPSA) is 29.0 Å². The Bertz CT molecular complexity index is 704. The molecule has 0 radical (unpaired) electrons. The number of rotatable bonds is 1. The molecule has 1 aromatic carbocycles. The molecule has 2 heterocycles. The third-order valence-electron chi connectivity index (χ3n) is 4.69. The van der Waals surface area contributed by atoms with Crippen LogP contribution in [0.2, 0.25) is 0 Å². The normalized spacial score (nSPS) is 21.5. The third kappa shape index (κ3) is 2.21. The predicted octanol–water partition coefficient (Wildman–Crippen LogP) is 4.11. The van der Waals surface area contributed by atoms with Crippen LogP contribution in [0.3, 0.4) is 0 Å². The van der Waals surface area contributed by atoms with Gasteiger partial charge in [0.05, 0.1) is 11.4 Å². The third-order valence-corrected chi connectivity index (χ3v) is 4.69. The zero-order chi connectivity index (χ0) is 16.1. The van der Waals surface area contributed by atoms with Crippen LogP contribution in [0.1, 0.15) is 25.8 Å². The fraction of sp³-hybridized carbons (Fsp3) is 0.500. The van der Waals surface area contributed by atoms with Crippen LogP contribution in [-0.2, 0) is 0 Å². The zero-order valence-electron chi connectivity index (χ0n) is 12.8. The standard InChI is InChI=1S/C16H18F3N3/c1-10-5-4-6-11-13(10)14(21-9-20-11)22-8-7-12(15(22,2)3)16(17,18)19/h4-6,9,12H,7-8H2,1-3H3/t12-/m1/s1. The molecule has 0 bridgehead atoms. The number of nitrogens with zero attached hydrogens (tertiary/aromatic N) is 3. The molecule has 22 heavy (non-hydrogen) atoms. The van der Waals surface area contributed by atoms with Crippen LogP contribution in [0.15, 0.2) is 24.5 Å². The predicted molar refractivity (Wildman–Crippen MR) is 79.9 cm³/mol. The van der Waals surface area contributed by atoms with Gasteiger partial charge in [0.2, 0.25) is 0 Å². The van der Waals surface area contributed by atoms with Gasteiger partial charge in [-0.1, -0.05) is 12.1 Å². The SMILES string of the molecule is Cc1cccc2ncnc(N3CC[C@@H](C(F)(F)F)C3(C)C)c12. The van der Waals surface area contributed by atoms with Gasteiger partial charge in [0, 0.05) is 17.5 Å². The molecule has 1 aromatic heterocycles. The maximum atomic E-state index is 13.3. The number of anilines is 1. The van der Waals surface area contributed by atoms with E-state index in [0.717, 1.165) is 16.5 Å². The van der Waals surface area contributed by atoms with Crippen molar-refractivity contribution in [3.8, 4) is 0 Å². The Morgan fingerprint density at radius 3 is 2.59 bits per heavy atom. The van der Waals surface area contributed by atoms with Gasteiger partial charge in [-0.25, -0.2) is 9.97 Å². The first-order chi connectivity index (χ1) is 10.2. The van der Waals surface area contributed by atoms with E-state index in [0.29, 0.717) is 12.4 Å². The van der Waals surface area contributed by atoms with Crippen LogP contribution in [0.25, 0.3) is 10.9 Å². The highest BCUT2D eigenvalue weighted by atomic mass is 19.4. The minimum absolute atomic E-state index is 0.0911. The smallest absolute Gasteiger partial charge is 0.350 e. The molecule has 0 spiro atoms. The van der Waals surface area contributed by atoms with Crippen molar-refractivity contribution < 1.29 is 13.2 Å². The summed E-state index contributed by atoms with van der Waals surface area (Å²) in [6, 6.07) is 5.68. The molecule has 1 atom stereocenters. The molecule has 2 aromatic rings. The lowest BCUT2D eigenvalue weighted by Crippen LogP contribution is -2.47. The molecule has 118 valence electrons. The van der Waals surface area contributed by atoms with Crippen LogP contribution >= 0.6 is 0 Å². The molecule has 0 saturated carbocycles. The Balaban J connectivity index is 2.13. The van der Waals surface area contributed by atoms with Gasteiger partial charge in [-0.15, -0.1) is 0 Å². The second-order valence-electron chi connectivity index (χ2n) is 6.35. The van der Waals surface area contributed by atoms with Gasteiger partial charge < -0.3 is 4.90 Å². The Morgan fingerprint density at radius 2 is 1.95 bits per heavy atom. The molecule has 0 N–H and O–H groups in total. The van der Waals surface area contributed by atoms with Gasteiger partial charge >= 0.3 is 6.18 Å². The van der Waals surface area contributed by atoms with Crippen LogP contribution in [0, 0.1) is 12.8 Å². The van der Waals surface area contributed by atoms with Crippen molar-refractivity contribution in [3.05, 3.63) is 30.1 Å². The van der Waals surface area contributed by atoms with Crippen molar-refractivity contribution in [3.63, 3.8) is 0 Å². The Morgan fingerprint density at radius 1 is 1.23 bits per heavy atom. The van der Waals surface area contributed by atoms with Crippen molar-refractivity contribution in [1.29, 1.82) is 0 Å². The average Bonchev–Trinajstić information content (AvgIpc) is 2.73. The molecule has 0 aliphatic carbocycles. The van der Waals surface area contributed by atoms with E-state index < -0.39 is 17.6 Å². The molecule has 6 heteroatoms. The van der Waals surface area contributed by atoms with Crippen molar-refractivity contribution >= 4 is 16.7 Å². The van der Waals surface area contributed by atoms with E-state index in [9.17, 15) is 13.2 Å². The zero-order valence-corrected chi connectivity index (χ0v) is 12.8. The van der Waals surface area contributed by atoms with Gasteiger partial charge in [0.1, 0.15) is 12.1 Å². The molecule has 1 saturated heterocycles. The lowest BCUT2D eigenvalue weighted by Gasteiger charge is -2.38. The number of benzene rings is 1. The van der Waals surface area contributed by atoms with Crippen LogP contribution < -0.4 is 4.90 Å². The van der Waals surface area contributed by atoms with Gasteiger partial charge in [0.25, 0.3) is 0 Å². The van der Waals surface area contributed by atoms with E-state index in [1.807, 2.05) is 25.1 Å². The molecule has 1 fully saturated rings. The molecule has 1 aliphatic heterocycles. The van der Waals surface area contributed by atoms with Gasteiger partial charge in [-0.3, -0.25) is 0 Å². The monoisotopic (exact) mass is 309 g/mol. The number of alkyl halides is 3.